The Labute approximate surface area is 95.7 Å². The van der Waals surface area contributed by atoms with Crippen LogP contribution in [0, 0.1) is 0 Å². The van der Waals surface area contributed by atoms with E-state index in [0.717, 1.165) is 26.1 Å². The summed E-state index contributed by atoms with van der Waals surface area (Å²) in [6, 6.07) is 0. The molecule has 0 aliphatic carbocycles. The number of hydrogen-bond donors (Lipinski definition) is 2. The second-order valence-corrected chi connectivity index (χ2v) is 3.69. The van der Waals surface area contributed by atoms with E-state index in [2.05, 4.69) is 17.2 Å². The molecular weight excluding hydrogens is 212 g/mol. The lowest BCUT2D eigenvalue weighted by Crippen LogP contribution is -2.45. The van der Waals surface area contributed by atoms with Crippen LogP contribution < -0.4 is 11.1 Å². The Kier molecular flexibility index (Phi) is 5.34. The molecule has 1 aliphatic rings. The largest absolute Gasteiger partial charge is 0.378 e. The fourth-order valence-electron chi connectivity index (χ4n) is 1.24. The standard InChI is InChI=1S/C9H18N4OS/c1-2-3-11-9(15)12-8(10)13-4-6-14-7-5-13/h2-7H2,1H3,(H3,10,11,12,15). The molecule has 86 valence electrons. The summed E-state index contributed by atoms with van der Waals surface area (Å²) >= 11 is 5.03. The Balaban J connectivity index is 2.39. The first kappa shape index (κ1) is 12.2. The predicted molar refractivity (Wildman–Crippen MR) is 64.9 cm³/mol. The summed E-state index contributed by atoms with van der Waals surface area (Å²) in [7, 11) is 0. The molecule has 0 aromatic rings. The Morgan fingerprint density at radius 3 is 2.80 bits per heavy atom. The maximum Gasteiger partial charge on any atom is 0.198 e. The summed E-state index contributed by atoms with van der Waals surface area (Å²) in [6.45, 7) is 5.87. The Bertz CT molecular complexity index is 238. The third-order valence-corrected chi connectivity index (χ3v) is 2.31. The molecule has 15 heavy (non-hydrogen) atoms. The van der Waals surface area contributed by atoms with Gasteiger partial charge in [-0.25, -0.2) is 0 Å². The van der Waals surface area contributed by atoms with Gasteiger partial charge in [0.1, 0.15) is 0 Å². The third kappa shape index (κ3) is 4.44. The van der Waals surface area contributed by atoms with Gasteiger partial charge in [-0.15, -0.1) is 0 Å². The smallest absolute Gasteiger partial charge is 0.198 e. The van der Waals surface area contributed by atoms with Crippen LogP contribution >= 0.6 is 12.2 Å². The Morgan fingerprint density at radius 2 is 2.20 bits per heavy atom. The molecule has 1 fully saturated rings. The summed E-state index contributed by atoms with van der Waals surface area (Å²) in [5.74, 6) is 0.479. The minimum atomic E-state index is 0.459. The van der Waals surface area contributed by atoms with Crippen molar-refractivity contribution in [1.29, 1.82) is 0 Å². The number of nitrogens with zero attached hydrogens (tertiary/aromatic N) is 2. The van der Waals surface area contributed by atoms with Gasteiger partial charge in [0.25, 0.3) is 0 Å². The topological polar surface area (TPSA) is 62.9 Å². The number of morpholine rings is 1. The van der Waals surface area contributed by atoms with E-state index in [1.807, 2.05) is 4.90 Å². The molecule has 0 amide bonds. The van der Waals surface area contributed by atoms with Crippen molar-refractivity contribution in [3.05, 3.63) is 0 Å². The van der Waals surface area contributed by atoms with Crippen molar-refractivity contribution in [3.63, 3.8) is 0 Å². The highest BCUT2D eigenvalue weighted by Crippen LogP contribution is 1.96. The first-order chi connectivity index (χ1) is 7.24. The molecule has 1 heterocycles. The zero-order valence-electron chi connectivity index (χ0n) is 9.03. The molecule has 0 unspecified atom stereocenters. The van der Waals surface area contributed by atoms with Crippen molar-refractivity contribution in [2.45, 2.75) is 13.3 Å². The zero-order chi connectivity index (χ0) is 11.1. The molecule has 0 saturated carbocycles. The van der Waals surface area contributed by atoms with Gasteiger partial charge >= 0.3 is 0 Å². The second kappa shape index (κ2) is 6.58. The van der Waals surface area contributed by atoms with Crippen molar-refractivity contribution in [2.24, 2.45) is 10.7 Å². The average Bonchev–Trinajstić information content (AvgIpc) is 2.27. The lowest BCUT2D eigenvalue weighted by atomic mass is 10.4. The highest BCUT2D eigenvalue weighted by molar-refractivity contribution is 7.80. The van der Waals surface area contributed by atoms with Gasteiger partial charge in [0.15, 0.2) is 11.1 Å². The number of ether oxygens (including phenoxy) is 1. The SMILES string of the molecule is CCCNC(=S)N=C(N)N1CCOCC1. The molecule has 0 aromatic carbocycles. The predicted octanol–water partition coefficient (Wildman–Crippen LogP) is -0.0822. The number of rotatable bonds is 2. The number of guanidine groups is 1. The van der Waals surface area contributed by atoms with Gasteiger partial charge in [-0.2, -0.15) is 4.99 Å². The average molecular weight is 230 g/mol. The highest BCUT2D eigenvalue weighted by atomic mass is 32.1. The summed E-state index contributed by atoms with van der Waals surface area (Å²) < 4.78 is 5.22. The van der Waals surface area contributed by atoms with E-state index < -0.39 is 0 Å². The summed E-state index contributed by atoms with van der Waals surface area (Å²) in [5.41, 5.74) is 5.81. The van der Waals surface area contributed by atoms with Crippen LogP contribution in [-0.2, 0) is 4.74 Å². The summed E-state index contributed by atoms with van der Waals surface area (Å²) in [6.07, 6.45) is 1.02. The molecule has 0 atom stereocenters. The zero-order valence-corrected chi connectivity index (χ0v) is 9.85. The van der Waals surface area contributed by atoms with Crippen LogP contribution in [0.5, 0.6) is 0 Å². The summed E-state index contributed by atoms with van der Waals surface area (Å²) in [5, 5.41) is 3.47. The second-order valence-electron chi connectivity index (χ2n) is 3.30. The maximum atomic E-state index is 5.81. The van der Waals surface area contributed by atoms with E-state index in [1.54, 1.807) is 0 Å². The first-order valence-electron chi connectivity index (χ1n) is 5.18. The minimum absolute atomic E-state index is 0.459. The van der Waals surface area contributed by atoms with Gasteiger partial charge in [0.05, 0.1) is 13.2 Å². The van der Waals surface area contributed by atoms with Crippen molar-refractivity contribution < 1.29 is 4.74 Å². The monoisotopic (exact) mass is 230 g/mol. The van der Waals surface area contributed by atoms with Gasteiger partial charge < -0.3 is 20.7 Å². The van der Waals surface area contributed by atoms with Crippen LogP contribution in [-0.4, -0.2) is 48.8 Å². The number of thiocarbonyl (C=S) groups is 1. The molecule has 3 N–H and O–H groups in total. The van der Waals surface area contributed by atoms with E-state index in [1.165, 1.54) is 0 Å². The Hall–Kier alpha value is -0.880. The first-order valence-corrected chi connectivity index (χ1v) is 5.59. The number of aliphatic imine (C=N–C) groups is 1. The maximum absolute atomic E-state index is 5.81. The normalized spacial score (nSPS) is 17.7. The molecule has 0 radical (unpaired) electrons. The number of hydrogen-bond acceptors (Lipinski definition) is 2. The van der Waals surface area contributed by atoms with Gasteiger partial charge in [-0.1, -0.05) is 6.92 Å². The van der Waals surface area contributed by atoms with Crippen molar-refractivity contribution in [2.75, 3.05) is 32.8 Å². The lowest BCUT2D eigenvalue weighted by Gasteiger charge is -2.27. The van der Waals surface area contributed by atoms with Crippen LogP contribution in [0.15, 0.2) is 4.99 Å². The lowest BCUT2D eigenvalue weighted by molar-refractivity contribution is 0.0676. The summed E-state index contributed by atoms with van der Waals surface area (Å²) in [4.78, 5) is 6.10. The molecule has 1 rings (SSSR count). The van der Waals surface area contributed by atoms with E-state index in [-0.39, 0.29) is 0 Å². The quantitative estimate of drug-likeness (QED) is 0.395. The van der Waals surface area contributed by atoms with Crippen LogP contribution in [0.4, 0.5) is 0 Å². The van der Waals surface area contributed by atoms with Gasteiger partial charge in [-0.05, 0) is 18.6 Å². The van der Waals surface area contributed by atoms with Crippen molar-refractivity contribution >= 4 is 23.3 Å². The fraction of sp³-hybridized carbons (Fsp3) is 0.778. The molecule has 0 spiro atoms. The molecule has 6 heteroatoms. The van der Waals surface area contributed by atoms with Gasteiger partial charge in [-0.3, -0.25) is 0 Å². The van der Waals surface area contributed by atoms with Gasteiger partial charge in [0.2, 0.25) is 0 Å². The fourth-order valence-corrected chi connectivity index (χ4v) is 1.43. The minimum Gasteiger partial charge on any atom is -0.378 e. The van der Waals surface area contributed by atoms with Crippen LogP contribution in [0.1, 0.15) is 13.3 Å². The van der Waals surface area contributed by atoms with Crippen molar-refractivity contribution in [1.82, 2.24) is 10.2 Å². The van der Waals surface area contributed by atoms with E-state index in [4.69, 9.17) is 22.7 Å². The highest BCUT2D eigenvalue weighted by Gasteiger charge is 2.12. The third-order valence-electron chi connectivity index (χ3n) is 2.08. The van der Waals surface area contributed by atoms with E-state index >= 15 is 0 Å². The number of nitrogens with two attached hydrogens (primary N) is 1. The van der Waals surface area contributed by atoms with Crippen LogP contribution in [0.2, 0.25) is 0 Å². The van der Waals surface area contributed by atoms with Crippen molar-refractivity contribution in [3.8, 4) is 0 Å². The molecule has 1 saturated heterocycles. The number of nitrogens with one attached hydrogen (secondary N) is 1. The molecule has 5 nitrogen and oxygen atoms in total. The van der Waals surface area contributed by atoms with E-state index in [9.17, 15) is 0 Å². The molecular formula is C9H18N4OS. The molecule has 0 bridgehead atoms. The van der Waals surface area contributed by atoms with E-state index in [0.29, 0.717) is 24.3 Å². The molecule has 1 aliphatic heterocycles. The Morgan fingerprint density at radius 1 is 1.53 bits per heavy atom. The van der Waals surface area contributed by atoms with Crippen LogP contribution in [0.25, 0.3) is 0 Å². The molecule has 0 aromatic heterocycles. The van der Waals surface area contributed by atoms with Gasteiger partial charge in [0, 0.05) is 19.6 Å². The van der Waals surface area contributed by atoms with Crippen LogP contribution in [0.3, 0.4) is 0 Å².